The van der Waals surface area contributed by atoms with Crippen LogP contribution in [0.3, 0.4) is 0 Å². The van der Waals surface area contributed by atoms with Gasteiger partial charge in [0, 0.05) is 47.6 Å². The van der Waals surface area contributed by atoms with Gasteiger partial charge in [0.2, 0.25) is 0 Å². The molecule has 2 bridgehead atoms. The van der Waals surface area contributed by atoms with Crippen LogP contribution >= 0.6 is 23.2 Å². The molecule has 4 aliphatic heterocycles. The van der Waals surface area contributed by atoms with E-state index in [1.165, 1.54) is 18.1 Å². The van der Waals surface area contributed by atoms with Crippen LogP contribution in [-0.2, 0) is 16.0 Å². The van der Waals surface area contributed by atoms with Gasteiger partial charge in [0.25, 0.3) is 5.91 Å². The van der Waals surface area contributed by atoms with Gasteiger partial charge in [0.05, 0.1) is 65.8 Å². The first-order valence-corrected chi connectivity index (χ1v) is 16.7. The van der Waals surface area contributed by atoms with Crippen LogP contribution in [0.1, 0.15) is 53.0 Å². The molecule has 9 nitrogen and oxygen atoms in total. The number of hydrogen-bond donors (Lipinski definition) is 1. The van der Waals surface area contributed by atoms with Crippen molar-refractivity contribution in [2.45, 2.75) is 57.4 Å². The van der Waals surface area contributed by atoms with Crippen LogP contribution in [-0.4, -0.2) is 81.1 Å². The molecule has 3 fully saturated rings. The molecular formula is C35H37Cl2FN4O5. The van der Waals surface area contributed by atoms with Crippen molar-refractivity contribution >= 4 is 46.5 Å². The van der Waals surface area contributed by atoms with Crippen molar-refractivity contribution in [1.82, 2.24) is 10.2 Å². The molecule has 12 heteroatoms. The molecule has 3 aromatic carbocycles. The molecule has 0 aromatic heterocycles. The van der Waals surface area contributed by atoms with Crippen molar-refractivity contribution in [2.24, 2.45) is 0 Å². The number of anilines is 2. The van der Waals surface area contributed by atoms with E-state index in [9.17, 15) is 9.59 Å². The van der Waals surface area contributed by atoms with E-state index in [4.69, 9.17) is 37.4 Å². The Morgan fingerprint density at radius 3 is 2.45 bits per heavy atom. The average molecular weight is 684 g/mol. The van der Waals surface area contributed by atoms with Crippen molar-refractivity contribution in [3.8, 4) is 16.9 Å². The van der Waals surface area contributed by atoms with Gasteiger partial charge in [-0.1, -0.05) is 41.4 Å². The van der Waals surface area contributed by atoms with Crippen molar-refractivity contribution < 1.29 is 28.2 Å². The first-order valence-electron chi connectivity index (χ1n) is 16.0. The minimum absolute atomic E-state index is 0.0774. The summed E-state index contributed by atoms with van der Waals surface area (Å²) in [7, 11) is 1.29. The number of benzene rings is 3. The molecule has 2 unspecified atom stereocenters. The molecule has 1 N–H and O–H groups in total. The summed E-state index contributed by atoms with van der Waals surface area (Å²) in [6.45, 7) is 7.10. The Balaban J connectivity index is 1.18. The third-order valence-electron chi connectivity index (χ3n) is 9.75. The summed E-state index contributed by atoms with van der Waals surface area (Å²) in [4.78, 5) is 32.6. The van der Waals surface area contributed by atoms with Gasteiger partial charge in [0.1, 0.15) is 11.6 Å². The topological polar surface area (TPSA) is 83.6 Å². The molecule has 0 aliphatic carbocycles. The number of methoxy groups -OCH3 is 1. The van der Waals surface area contributed by atoms with E-state index < -0.39 is 11.8 Å². The lowest BCUT2D eigenvalue weighted by molar-refractivity contribution is 0.0515. The maximum atomic E-state index is 15.9. The lowest BCUT2D eigenvalue weighted by atomic mass is 9.96. The molecule has 4 aliphatic rings. The van der Waals surface area contributed by atoms with Crippen LogP contribution < -0.4 is 19.9 Å². The van der Waals surface area contributed by atoms with Crippen LogP contribution in [0.2, 0.25) is 10.0 Å². The fraction of sp³-hybridized carbons (Fsp3) is 0.429. The highest BCUT2D eigenvalue weighted by atomic mass is 35.5. The highest BCUT2D eigenvalue weighted by Gasteiger charge is 2.40. The van der Waals surface area contributed by atoms with Gasteiger partial charge in [-0.15, -0.1) is 0 Å². The van der Waals surface area contributed by atoms with Crippen molar-refractivity contribution in [1.29, 1.82) is 0 Å². The normalized spacial score (nSPS) is 23.7. The van der Waals surface area contributed by atoms with Crippen molar-refractivity contribution in [2.75, 3.05) is 49.9 Å². The standard InChI is InChI=1S/C35H37Cl2FN4O5/c1-19-14-41(20(2)13-39-19)24-9-28(36)32(29(37)10-24)34(43)40-15-21-5-4-6-25(33(21)47-18-40)26-12-31(27(11-30(26)38)35(44)45-3)42-22-7-8-23(42)17-46-16-22/h4-6,9-12,19-20,22-23,39H,7-8,13-18H2,1-3H3/t19-,20-,22?,23?/m1/s1. The zero-order chi connectivity index (χ0) is 33.0. The highest BCUT2D eigenvalue weighted by Crippen LogP contribution is 2.43. The maximum absolute atomic E-state index is 15.9. The number of ether oxygens (including phenoxy) is 3. The van der Waals surface area contributed by atoms with E-state index in [1.807, 2.05) is 12.1 Å². The van der Waals surface area contributed by atoms with Crippen LogP contribution in [0.25, 0.3) is 11.1 Å². The Hall–Kier alpha value is -3.57. The number of esters is 1. The van der Waals surface area contributed by atoms with E-state index in [0.29, 0.717) is 47.4 Å². The summed E-state index contributed by atoms with van der Waals surface area (Å²) < 4.78 is 32.9. The largest absolute Gasteiger partial charge is 0.472 e. The fourth-order valence-corrected chi connectivity index (χ4v) is 8.00. The molecule has 4 heterocycles. The molecule has 248 valence electrons. The van der Waals surface area contributed by atoms with Gasteiger partial charge in [0.15, 0.2) is 6.73 Å². The van der Waals surface area contributed by atoms with Crippen LogP contribution in [0, 0.1) is 5.82 Å². The van der Waals surface area contributed by atoms with Gasteiger partial charge < -0.3 is 34.2 Å². The third-order valence-corrected chi connectivity index (χ3v) is 10.3. The lowest BCUT2D eigenvalue weighted by Gasteiger charge is -2.39. The number of para-hydroxylation sites is 1. The molecule has 0 saturated carbocycles. The molecule has 47 heavy (non-hydrogen) atoms. The maximum Gasteiger partial charge on any atom is 0.340 e. The zero-order valence-electron chi connectivity index (χ0n) is 26.5. The first-order chi connectivity index (χ1) is 22.6. The van der Waals surface area contributed by atoms with E-state index in [0.717, 1.165) is 31.6 Å². The first kappa shape index (κ1) is 32.0. The Labute approximate surface area is 283 Å². The lowest BCUT2D eigenvalue weighted by Crippen LogP contribution is -2.54. The van der Waals surface area contributed by atoms with E-state index >= 15 is 4.39 Å². The van der Waals surface area contributed by atoms with E-state index in [2.05, 4.69) is 29.0 Å². The number of rotatable bonds is 5. The van der Waals surface area contributed by atoms with Gasteiger partial charge in [-0.2, -0.15) is 0 Å². The number of carbonyl (C=O) groups is 2. The molecule has 1 amide bonds. The highest BCUT2D eigenvalue weighted by molar-refractivity contribution is 6.40. The Morgan fingerprint density at radius 2 is 1.74 bits per heavy atom. The SMILES string of the molecule is COC(=O)c1cc(F)c(-c2cccc3c2OCN(C(=O)c2c(Cl)cc(N4C[C@@H](C)NC[C@H]4C)cc2Cl)C3)cc1N1C2CCC1COC2. The number of halogens is 3. The predicted molar refractivity (Wildman–Crippen MR) is 179 cm³/mol. The number of carbonyl (C=O) groups excluding carboxylic acids is 2. The minimum atomic E-state index is -0.598. The zero-order valence-corrected chi connectivity index (χ0v) is 28.0. The predicted octanol–water partition coefficient (Wildman–Crippen LogP) is 6.13. The number of nitrogens with one attached hydrogen (secondary N) is 1. The number of piperazine rings is 1. The molecule has 0 spiro atoms. The number of morpholine rings is 1. The number of hydrogen-bond acceptors (Lipinski definition) is 8. The van der Waals surface area contributed by atoms with E-state index in [1.54, 1.807) is 24.3 Å². The van der Waals surface area contributed by atoms with Crippen LogP contribution in [0.5, 0.6) is 5.75 Å². The monoisotopic (exact) mass is 682 g/mol. The number of nitrogens with zero attached hydrogens (tertiary/aromatic N) is 3. The second-order valence-corrected chi connectivity index (χ2v) is 13.7. The van der Waals surface area contributed by atoms with Crippen molar-refractivity contribution in [3.63, 3.8) is 0 Å². The Kier molecular flexibility index (Phi) is 8.72. The minimum Gasteiger partial charge on any atom is -0.472 e. The summed E-state index contributed by atoms with van der Waals surface area (Å²) in [5.41, 5.74) is 3.41. The van der Waals surface area contributed by atoms with Gasteiger partial charge >= 0.3 is 5.97 Å². The molecular weight excluding hydrogens is 646 g/mol. The van der Waals surface area contributed by atoms with Crippen LogP contribution in [0.15, 0.2) is 42.5 Å². The Bertz CT molecular complexity index is 1700. The summed E-state index contributed by atoms with van der Waals surface area (Å²) in [6, 6.07) is 12.7. The second-order valence-electron chi connectivity index (χ2n) is 12.8. The number of amides is 1. The summed E-state index contributed by atoms with van der Waals surface area (Å²) >= 11 is 13.4. The summed E-state index contributed by atoms with van der Waals surface area (Å²) in [6.07, 6.45) is 1.85. The molecule has 0 radical (unpaired) electrons. The van der Waals surface area contributed by atoms with E-state index in [-0.39, 0.29) is 58.5 Å². The summed E-state index contributed by atoms with van der Waals surface area (Å²) in [5.74, 6) is -1.05. The molecule has 3 aromatic rings. The molecule has 3 saturated heterocycles. The summed E-state index contributed by atoms with van der Waals surface area (Å²) in [5, 5.41) is 4.01. The molecule has 7 rings (SSSR count). The average Bonchev–Trinajstić information content (AvgIpc) is 3.31. The molecule has 4 atom stereocenters. The van der Waals surface area contributed by atoms with Crippen LogP contribution in [0.4, 0.5) is 15.8 Å². The fourth-order valence-electron chi connectivity index (χ4n) is 7.36. The third kappa shape index (κ3) is 5.79. The van der Waals surface area contributed by atoms with Gasteiger partial charge in [-0.25, -0.2) is 9.18 Å². The van der Waals surface area contributed by atoms with Gasteiger partial charge in [-0.05, 0) is 51.0 Å². The van der Waals surface area contributed by atoms with Crippen molar-refractivity contribution in [3.05, 3.63) is 75.0 Å². The quantitative estimate of drug-likeness (QED) is 0.322. The smallest absolute Gasteiger partial charge is 0.340 e. The Morgan fingerprint density at radius 1 is 1.02 bits per heavy atom. The second kappa shape index (κ2) is 12.8. The number of fused-ring (bicyclic) bond motifs is 3. The van der Waals surface area contributed by atoms with Gasteiger partial charge in [-0.3, -0.25) is 4.79 Å².